The number of rotatable bonds is 11. The van der Waals surface area contributed by atoms with E-state index in [1.54, 1.807) is 7.11 Å². The lowest BCUT2D eigenvalue weighted by molar-refractivity contribution is -0.297. The van der Waals surface area contributed by atoms with Crippen LogP contribution in [-0.4, -0.2) is 50.2 Å². The van der Waals surface area contributed by atoms with Gasteiger partial charge in [0.15, 0.2) is 12.6 Å². The lowest BCUT2D eigenvalue weighted by atomic mass is 10.0. The van der Waals surface area contributed by atoms with Crippen molar-refractivity contribution in [1.82, 2.24) is 0 Å². The summed E-state index contributed by atoms with van der Waals surface area (Å²) >= 11 is 0. The van der Waals surface area contributed by atoms with Gasteiger partial charge >= 0.3 is 0 Å². The molecule has 0 aromatic heterocycles. The molecule has 3 aromatic carbocycles. The van der Waals surface area contributed by atoms with E-state index in [-0.39, 0.29) is 36.8 Å². The first kappa shape index (κ1) is 28.6. The maximum absolute atomic E-state index is 6.48. The molecule has 1 unspecified atom stereocenters. The average molecular weight is 549 g/mol. The first-order valence-electron chi connectivity index (χ1n) is 14.2. The summed E-state index contributed by atoms with van der Waals surface area (Å²) in [4.78, 5) is 0. The van der Waals surface area contributed by atoms with Crippen LogP contribution in [0.15, 0.2) is 84.9 Å². The van der Waals surface area contributed by atoms with Crippen molar-refractivity contribution in [3.8, 4) is 11.5 Å². The van der Waals surface area contributed by atoms with Crippen LogP contribution in [0, 0.1) is 0 Å². The molecule has 5 rings (SSSR count). The molecule has 7 nitrogen and oxygen atoms in total. The second kappa shape index (κ2) is 14.1. The predicted molar refractivity (Wildman–Crippen MR) is 151 cm³/mol. The normalized spacial score (nSPS) is 28.6. The third kappa shape index (κ3) is 7.83. The van der Waals surface area contributed by atoms with Gasteiger partial charge in [-0.2, -0.15) is 0 Å². The zero-order chi connectivity index (χ0) is 27.7. The smallest absolute Gasteiger partial charge is 0.200 e. The van der Waals surface area contributed by atoms with Gasteiger partial charge in [-0.25, -0.2) is 0 Å². The Hall–Kier alpha value is -2.94. The van der Waals surface area contributed by atoms with E-state index >= 15 is 0 Å². The highest BCUT2D eigenvalue weighted by molar-refractivity contribution is 5.31. The van der Waals surface area contributed by atoms with Crippen LogP contribution < -0.4 is 9.47 Å². The monoisotopic (exact) mass is 548 g/mol. The van der Waals surface area contributed by atoms with Gasteiger partial charge < -0.3 is 33.2 Å². The highest BCUT2D eigenvalue weighted by atomic mass is 16.7. The molecule has 3 aromatic rings. The van der Waals surface area contributed by atoms with Crippen LogP contribution in [0.3, 0.4) is 0 Å². The number of hydrogen-bond donors (Lipinski definition) is 0. The zero-order valence-electron chi connectivity index (χ0n) is 23.5. The fraction of sp³-hybridized carbons (Fsp3) is 0.455. The fourth-order valence-electron chi connectivity index (χ4n) is 5.23. The van der Waals surface area contributed by atoms with Gasteiger partial charge in [0.05, 0.1) is 44.7 Å². The van der Waals surface area contributed by atoms with Crippen molar-refractivity contribution in [2.75, 3.05) is 7.11 Å². The van der Waals surface area contributed by atoms with E-state index in [0.29, 0.717) is 19.6 Å². The highest BCUT2D eigenvalue weighted by Crippen LogP contribution is 2.32. The van der Waals surface area contributed by atoms with Gasteiger partial charge in [0, 0.05) is 12.8 Å². The first-order chi connectivity index (χ1) is 19.6. The van der Waals surface area contributed by atoms with E-state index < -0.39 is 6.29 Å². The van der Waals surface area contributed by atoms with Gasteiger partial charge in [-0.15, -0.1) is 0 Å². The largest absolute Gasteiger partial charge is 0.497 e. The minimum atomic E-state index is -0.414. The van der Waals surface area contributed by atoms with E-state index in [2.05, 4.69) is 24.3 Å². The summed E-state index contributed by atoms with van der Waals surface area (Å²) in [5.74, 6) is 1.54. The van der Waals surface area contributed by atoms with Crippen LogP contribution in [0.25, 0.3) is 0 Å². The first-order valence-corrected chi connectivity index (χ1v) is 14.2. The summed E-state index contributed by atoms with van der Waals surface area (Å²) in [7, 11) is 1.65. The Labute approximate surface area is 237 Å². The summed E-state index contributed by atoms with van der Waals surface area (Å²) in [6, 6.07) is 27.9. The molecule has 7 atom stereocenters. The number of ether oxygens (including phenoxy) is 7. The van der Waals surface area contributed by atoms with Crippen LogP contribution >= 0.6 is 0 Å². The SMILES string of the molecule is COc1ccc(OC2CC[C@@H](O[C@@H]3C[C@H](OCc4ccccc4)[C@@H](OCc4ccccc4)[C@H](C)O3)[C@H](C)O2)cc1. The van der Waals surface area contributed by atoms with E-state index in [1.165, 1.54) is 0 Å². The molecule has 0 radical (unpaired) electrons. The maximum Gasteiger partial charge on any atom is 0.200 e. The lowest BCUT2D eigenvalue weighted by Gasteiger charge is -2.42. The van der Waals surface area contributed by atoms with Crippen molar-refractivity contribution in [3.63, 3.8) is 0 Å². The van der Waals surface area contributed by atoms with Crippen molar-refractivity contribution >= 4 is 0 Å². The predicted octanol–water partition coefficient (Wildman–Crippen LogP) is 6.29. The third-order valence-electron chi connectivity index (χ3n) is 7.44. The molecule has 0 bridgehead atoms. The van der Waals surface area contributed by atoms with Crippen molar-refractivity contribution in [2.24, 2.45) is 0 Å². The van der Waals surface area contributed by atoms with Crippen molar-refractivity contribution < 1.29 is 33.2 Å². The molecule has 0 spiro atoms. The van der Waals surface area contributed by atoms with Crippen molar-refractivity contribution in [3.05, 3.63) is 96.1 Å². The molecule has 7 heteroatoms. The Balaban J connectivity index is 1.17. The molecule has 214 valence electrons. The molecule has 2 aliphatic rings. The Bertz CT molecular complexity index is 1140. The van der Waals surface area contributed by atoms with Gasteiger partial charge in [0.2, 0.25) is 0 Å². The van der Waals surface area contributed by atoms with Crippen molar-refractivity contribution in [2.45, 2.75) is 89.4 Å². The maximum atomic E-state index is 6.48. The Morgan fingerprint density at radius 1 is 0.650 bits per heavy atom. The number of benzene rings is 3. The van der Waals surface area contributed by atoms with E-state index in [9.17, 15) is 0 Å². The number of hydrogen-bond acceptors (Lipinski definition) is 7. The molecule has 40 heavy (non-hydrogen) atoms. The second-order valence-corrected chi connectivity index (χ2v) is 10.4. The zero-order valence-corrected chi connectivity index (χ0v) is 23.5. The van der Waals surface area contributed by atoms with Crippen LogP contribution in [0.1, 0.15) is 44.2 Å². The van der Waals surface area contributed by atoms with Gasteiger partial charge in [-0.05, 0) is 55.7 Å². The summed E-state index contributed by atoms with van der Waals surface area (Å²) in [6.45, 7) is 5.06. The lowest BCUT2D eigenvalue weighted by Crippen LogP contribution is -2.52. The molecule has 0 amide bonds. The van der Waals surface area contributed by atoms with Gasteiger partial charge in [0.25, 0.3) is 0 Å². The van der Waals surface area contributed by atoms with Gasteiger partial charge in [-0.1, -0.05) is 60.7 Å². The Morgan fingerprint density at radius 2 is 1.25 bits per heavy atom. The number of methoxy groups -OCH3 is 1. The third-order valence-corrected chi connectivity index (χ3v) is 7.44. The van der Waals surface area contributed by atoms with Crippen LogP contribution in [0.2, 0.25) is 0 Å². The molecule has 2 saturated heterocycles. The van der Waals surface area contributed by atoms with Crippen LogP contribution in [0.5, 0.6) is 11.5 Å². The Kier molecular flexibility index (Phi) is 10.1. The molecular weight excluding hydrogens is 508 g/mol. The summed E-state index contributed by atoms with van der Waals surface area (Å²) < 4.78 is 43.1. The molecule has 0 aliphatic carbocycles. The highest BCUT2D eigenvalue weighted by Gasteiger charge is 2.41. The van der Waals surface area contributed by atoms with E-state index in [4.69, 9.17) is 33.2 Å². The molecule has 2 heterocycles. The van der Waals surface area contributed by atoms with Gasteiger partial charge in [-0.3, -0.25) is 0 Å². The fourth-order valence-corrected chi connectivity index (χ4v) is 5.23. The van der Waals surface area contributed by atoms with E-state index in [1.807, 2.05) is 74.5 Å². The van der Waals surface area contributed by atoms with Gasteiger partial charge in [0.1, 0.15) is 17.6 Å². The molecule has 2 fully saturated rings. The summed E-state index contributed by atoms with van der Waals surface area (Å²) in [5.41, 5.74) is 2.24. The van der Waals surface area contributed by atoms with E-state index in [0.717, 1.165) is 35.5 Å². The minimum Gasteiger partial charge on any atom is -0.497 e. The topological polar surface area (TPSA) is 64.6 Å². The minimum absolute atomic E-state index is 0.107. The molecule has 0 saturated carbocycles. The van der Waals surface area contributed by atoms with Crippen LogP contribution in [-0.2, 0) is 36.9 Å². The van der Waals surface area contributed by atoms with Crippen molar-refractivity contribution in [1.29, 1.82) is 0 Å². The molecule has 2 aliphatic heterocycles. The van der Waals surface area contributed by atoms with Crippen LogP contribution in [0.4, 0.5) is 0 Å². The summed E-state index contributed by atoms with van der Waals surface area (Å²) in [6.07, 6.45) is 0.514. The summed E-state index contributed by atoms with van der Waals surface area (Å²) in [5, 5.41) is 0. The standard InChI is InChI=1S/C33H40O7/c1-23-29(18-19-31(37-23)39-28-16-14-27(34-3)15-17-28)40-32-20-30(35-21-25-10-6-4-7-11-25)33(24(2)38-32)36-22-26-12-8-5-9-13-26/h4-17,23-24,29-33H,18-22H2,1-3H3/t23-,24-,29+,30-,31?,32+,33-/m0/s1. The second-order valence-electron chi connectivity index (χ2n) is 10.4. The molecule has 0 N–H and O–H groups in total. The Morgan fingerprint density at radius 3 is 1.88 bits per heavy atom. The quantitative estimate of drug-likeness (QED) is 0.279. The molecular formula is C33H40O7. The average Bonchev–Trinajstić information content (AvgIpc) is 2.98.